The molecule has 5 nitrogen and oxygen atoms in total. The van der Waals surface area contributed by atoms with Gasteiger partial charge in [-0.05, 0) is 42.2 Å². The Labute approximate surface area is 152 Å². The first-order chi connectivity index (χ1) is 12.7. The number of aromatic amines is 1. The fourth-order valence-corrected chi connectivity index (χ4v) is 3.67. The highest BCUT2D eigenvalue weighted by molar-refractivity contribution is 5.86. The van der Waals surface area contributed by atoms with Gasteiger partial charge in [0.25, 0.3) is 0 Å². The summed E-state index contributed by atoms with van der Waals surface area (Å²) in [5.74, 6) is 0.424. The van der Waals surface area contributed by atoms with E-state index in [2.05, 4.69) is 22.4 Å². The predicted octanol–water partition coefficient (Wildman–Crippen LogP) is 2.46. The Morgan fingerprint density at radius 2 is 2.04 bits per heavy atom. The first-order valence-electron chi connectivity index (χ1n) is 9.06. The van der Waals surface area contributed by atoms with E-state index in [0.717, 1.165) is 30.6 Å². The number of phenolic OH excluding ortho intramolecular Hbond substituents is 1. The minimum absolute atomic E-state index is 0.154. The number of para-hydroxylation sites is 1. The molecule has 0 radical (unpaired) electrons. The summed E-state index contributed by atoms with van der Waals surface area (Å²) >= 11 is 0. The molecule has 1 saturated heterocycles. The number of hydrogen-bond donors (Lipinski definition) is 3. The molecule has 1 aromatic heterocycles. The lowest BCUT2D eigenvalue weighted by Gasteiger charge is -2.33. The van der Waals surface area contributed by atoms with E-state index in [1.165, 1.54) is 10.9 Å². The maximum Gasteiger partial charge on any atom is 0.240 e. The summed E-state index contributed by atoms with van der Waals surface area (Å²) in [5, 5.41) is 14.1. The second-order valence-electron chi connectivity index (χ2n) is 6.82. The summed E-state index contributed by atoms with van der Waals surface area (Å²) in [6, 6.07) is 15.2. The predicted molar refractivity (Wildman–Crippen MR) is 102 cm³/mol. The van der Waals surface area contributed by atoms with Crippen molar-refractivity contribution >= 4 is 16.8 Å². The summed E-state index contributed by atoms with van der Waals surface area (Å²) in [6.45, 7) is 2.20. The van der Waals surface area contributed by atoms with E-state index >= 15 is 0 Å². The number of carbonyl (C=O) groups is 1. The lowest BCUT2D eigenvalue weighted by atomic mass is 10.0. The number of benzene rings is 2. The number of piperazine rings is 1. The van der Waals surface area contributed by atoms with Crippen molar-refractivity contribution in [1.82, 2.24) is 15.2 Å². The molecule has 0 unspecified atom stereocenters. The Balaban J connectivity index is 1.42. The molecule has 3 aromatic rings. The van der Waals surface area contributed by atoms with Gasteiger partial charge >= 0.3 is 0 Å². The Morgan fingerprint density at radius 1 is 1.15 bits per heavy atom. The van der Waals surface area contributed by atoms with E-state index in [1.807, 2.05) is 35.4 Å². The minimum Gasteiger partial charge on any atom is -0.508 e. The zero-order chi connectivity index (χ0) is 17.9. The molecule has 0 bridgehead atoms. The van der Waals surface area contributed by atoms with Gasteiger partial charge in [-0.2, -0.15) is 0 Å². The first-order valence-corrected chi connectivity index (χ1v) is 9.06. The summed E-state index contributed by atoms with van der Waals surface area (Å²) in [5.41, 5.74) is 3.32. The van der Waals surface area contributed by atoms with E-state index in [4.69, 9.17) is 0 Å². The quantitative estimate of drug-likeness (QED) is 0.663. The molecule has 2 heterocycles. The normalized spacial score (nSPS) is 17.8. The molecule has 2 aromatic carbocycles. The van der Waals surface area contributed by atoms with Crippen molar-refractivity contribution in [2.45, 2.75) is 18.9 Å². The van der Waals surface area contributed by atoms with E-state index < -0.39 is 0 Å². The third-order valence-electron chi connectivity index (χ3n) is 5.06. The summed E-state index contributed by atoms with van der Waals surface area (Å²) < 4.78 is 0. The molecule has 4 rings (SSSR count). The van der Waals surface area contributed by atoms with Crippen molar-refractivity contribution < 1.29 is 9.90 Å². The van der Waals surface area contributed by atoms with Gasteiger partial charge in [-0.1, -0.05) is 30.3 Å². The number of amides is 1. The van der Waals surface area contributed by atoms with Gasteiger partial charge in [0.15, 0.2) is 0 Å². The maximum absolute atomic E-state index is 12.9. The third-order valence-corrected chi connectivity index (χ3v) is 5.06. The van der Waals surface area contributed by atoms with Crippen LogP contribution in [0.25, 0.3) is 10.9 Å². The second kappa shape index (κ2) is 7.22. The molecule has 0 aliphatic carbocycles. The zero-order valence-electron chi connectivity index (χ0n) is 14.6. The number of nitrogens with zero attached hydrogens (tertiary/aromatic N) is 1. The average Bonchev–Trinajstić information content (AvgIpc) is 3.06. The van der Waals surface area contributed by atoms with Gasteiger partial charge in [-0.25, -0.2) is 0 Å². The van der Waals surface area contributed by atoms with Crippen molar-refractivity contribution in [3.05, 3.63) is 65.9 Å². The Bertz CT molecular complexity index is 918. The van der Waals surface area contributed by atoms with Crippen LogP contribution in [-0.4, -0.2) is 46.6 Å². The van der Waals surface area contributed by atoms with Crippen LogP contribution in [0.15, 0.2) is 54.7 Å². The molecular formula is C21H23N3O2. The van der Waals surface area contributed by atoms with Crippen LogP contribution in [0.2, 0.25) is 0 Å². The van der Waals surface area contributed by atoms with Crippen LogP contribution in [0.4, 0.5) is 0 Å². The molecule has 1 aliphatic heterocycles. The number of hydrogen-bond acceptors (Lipinski definition) is 3. The van der Waals surface area contributed by atoms with Crippen LogP contribution < -0.4 is 5.32 Å². The number of H-pyrrole nitrogens is 1. The Morgan fingerprint density at radius 3 is 2.92 bits per heavy atom. The minimum atomic E-state index is -0.188. The highest BCUT2D eigenvalue weighted by Gasteiger charge is 2.28. The van der Waals surface area contributed by atoms with Crippen LogP contribution in [0.3, 0.4) is 0 Å². The van der Waals surface area contributed by atoms with Crippen LogP contribution in [0.1, 0.15) is 11.1 Å². The molecule has 1 atom stereocenters. The maximum atomic E-state index is 12.9. The summed E-state index contributed by atoms with van der Waals surface area (Å²) in [6.07, 6.45) is 3.44. The van der Waals surface area contributed by atoms with Gasteiger partial charge in [0.1, 0.15) is 5.75 Å². The molecular weight excluding hydrogens is 326 g/mol. The Hall–Kier alpha value is -2.79. The van der Waals surface area contributed by atoms with Crippen molar-refractivity contribution in [3.8, 4) is 5.75 Å². The van der Waals surface area contributed by atoms with Crippen LogP contribution >= 0.6 is 0 Å². The molecule has 1 amide bonds. The van der Waals surface area contributed by atoms with Gasteiger partial charge in [0.2, 0.25) is 5.91 Å². The molecule has 0 saturated carbocycles. The first kappa shape index (κ1) is 16.7. The fraction of sp³-hybridized carbons (Fsp3) is 0.286. The van der Waals surface area contributed by atoms with Crippen molar-refractivity contribution in [2.75, 3.05) is 19.6 Å². The monoisotopic (exact) mass is 349 g/mol. The SMILES string of the molecule is O=C1[C@@H](Cc2c[nH]c3ccccc23)NCCN1CCc1cccc(O)c1. The zero-order valence-corrected chi connectivity index (χ0v) is 14.6. The lowest BCUT2D eigenvalue weighted by molar-refractivity contribution is -0.135. The second-order valence-corrected chi connectivity index (χ2v) is 6.82. The largest absolute Gasteiger partial charge is 0.508 e. The topological polar surface area (TPSA) is 68.4 Å². The van der Waals surface area contributed by atoms with Crippen LogP contribution in [0.5, 0.6) is 5.75 Å². The number of fused-ring (bicyclic) bond motifs is 1. The Kier molecular flexibility index (Phi) is 4.63. The van der Waals surface area contributed by atoms with Crippen molar-refractivity contribution in [3.63, 3.8) is 0 Å². The molecule has 1 aliphatic rings. The molecule has 26 heavy (non-hydrogen) atoms. The van der Waals surface area contributed by atoms with Gasteiger partial charge < -0.3 is 20.3 Å². The smallest absolute Gasteiger partial charge is 0.240 e. The number of carbonyl (C=O) groups excluding carboxylic acids is 1. The highest BCUT2D eigenvalue weighted by atomic mass is 16.3. The van der Waals surface area contributed by atoms with Crippen LogP contribution in [0, 0.1) is 0 Å². The lowest BCUT2D eigenvalue weighted by Crippen LogP contribution is -2.56. The van der Waals surface area contributed by atoms with E-state index in [0.29, 0.717) is 13.0 Å². The molecule has 5 heteroatoms. The fourth-order valence-electron chi connectivity index (χ4n) is 3.67. The third kappa shape index (κ3) is 3.44. The van der Waals surface area contributed by atoms with Crippen molar-refractivity contribution in [2.24, 2.45) is 0 Å². The summed E-state index contributed by atoms with van der Waals surface area (Å²) in [7, 11) is 0. The number of aromatic nitrogens is 1. The van der Waals surface area contributed by atoms with Crippen molar-refractivity contribution in [1.29, 1.82) is 0 Å². The number of phenols is 1. The average molecular weight is 349 g/mol. The van der Waals surface area contributed by atoms with E-state index in [1.54, 1.807) is 12.1 Å². The van der Waals surface area contributed by atoms with Gasteiger partial charge in [-0.3, -0.25) is 4.79 Å². The molecule has 3 N–H and O–H groups in total. The van der Waals surface area contributed by atoms with Gasteiger partial charge in [-0.15, -0.1) is 0 Å². The van der Waals surface area contributed by atoms with Crippen LogP contribution in [-0.2, 0) is 17.6 Å². The highest BCUT2D eigenvalue weighted by Crippen LogP contribution is 2.20. The number of aromatic hydroxyl groups is 1. The molecule has 134 valence electrons. The standard InChI is InChI=1S/C21H23N3O2/c25-17-5-3-4-15(12-17)8-10-24-11-9-22-20(21(24)26)13-16-14-23-19-7-2-1-6-18(16)19/h1-7,12,14,20,22-23,25H,8-11,13H2/t20-/m1/s1. The van der Waals surface area contributed by atoms with Gasteiger partial charge in [0.05, 0.1) is 6.04 Å². The number of nitrogens with one attached hydrogen (secondary N) is 2. The number of rotatable bonds is 5. The molecule has 1 fully saturated rings. The molecule has 0 spiro atoms. The van der Waals surface area contributed by atoms with E-state index in [9.17, 15) is 9.90 Å². The van der Waals surface area contributed by atoms with E-state index in [-0.39, 0.29) is 17.7 Å². The summed E-state index contributed by atoms with van der Waals surface area (Å²) in [4.78, 5) is 18.1. The van der Waals surface area contributed by atoms with Gasteiger partial charge in [0, 0.05) is 36.7 Å².